The minimum atomic E-state index is -2.00. The molecule has 1 amide bonds. The molecule has 1 aromatic carbocycles. The third kappa shape index (κ3) is 3.82. The first-order valence-corrected chi connectivity index (χ1v) is 6.78. The zero-order valence-corrected chi connectivity index (χ0v) is 12.7. The lowest BCUT2D eigenvalue weighted by molar-refractivity contribution is -0.115. The molecule has 7 heteroatoms. The molecule has 0 atom stereocenters. The van der Waals surface area contributed by atoms with Gasteiger partial charge < -0.3 is 5.32 Å². The molecule has 1 aromatic heterocycles. The minimum absolute atomic E-state index is 0.523. The molecule has 1 heterocycles. The highest BCUT2D eigenvalue weighted by Crippen LogP contribution is 2.28. The fraction of sp³-hybridized carbons (Fsp3) is 0.154. The summed E-state index contributed by atoms with van der Waals surface area (Å²) in [4.78, 5) is 19.9. The van der Waals surface area contributed by atoms with E-state index in [2.05, 4.69) is 15.3 Å². The highest BCUT2D eigenvalue weighted by molar-refractivity contribution is 6.76. The number of carbonyl (C=O) groups is 1. The van der Waals surface area contributed by atoms with Crippen molar-refractivity contribution in [2.45, 2.75) is 10.7 Å². The Morgan fingerprint density at radius 3 is 2.65 bits per heavy atom. The van der Waals surface area contributed by atoms with E-state index in [-0.39, 0.29) is 0 Å². The summed E-state index contributed by atoms with van der Waals surface area (Å²) in [5.41, 5.74) is 2.11. The second-order valence-electron chi connectivity index (χ2n) is 4.02. The number of amides is 1. The lowest BCUT2D eigenvalue weighted by Gasteiger charge is -2.12. The molecule has 0 radical (unpaired) electrons. The van der Waals surface area contributed by atoms with Crippen LogP contribution in [0, 0.1) is 6.92 Å². The molecule has 2 aromatic rings. The van der Waals surface area contributed by atoms with Crippen molar-refractivity contribution in [1.82, 2.24) is 9.97 Å². The predicted molar refractivity (Wildman–Crippen MR) is 81.1 cm³/mol. The summed E-state index contributed by atoms with van der Waals surface area (Å²) in [5, 5.41) is 2.53. The van der Waals surface area contributed by atoms with E-state index in [1.54, 1.807) is 37.4 Å². The number of aromatic nitrogens is 2. The molecule has 104 valence electrons. The molecule has 0 saturated carbocycles. The monoisotopic (exact) mass is 329 g/mol. The Morgan fingerprint density at radius 1 is 1.25 bits per heavy atom. The summed E-state index contributed by atoms with van der Waals surface area (Å²) in [6, 6.07) is 8.87. The van der Waals surface area contributed by atoms with Crippen LogP contribution in [0.2, 0.25) is 0 Å². The molecule has 0 saturated heterocycles. The number of hydrogen-bond acceptors (Lipinski definition) is 3. The SMILES string of the molecule is Cc1nccc(-c2cccc(NC(=O)C(Cl)(Cl)Cl)c2)n1. The van der Waals surface area contributed by atoms with Gasteiger partial charge in [0, 0.05) is 17.4 Å². The third-order valence-electron chi connectivity index (χ3n) is 2.45. The van der Waals surface area contributed by atoms with E-state index in [1.807, 2.05) is 6.07 Å². The van der Waals surface area contributed by atoms with E-state index in [1.165, 1.54) is 0 Å². The van der Waals surface area contributed by atoms with Gasteiger partial charge in [-0.05, 0) is 25.1 Å². The van der Waals surface area contributed by atoms with Crippen LogP contribution in [0.1, 0.15) is 5.82 Å². The summed E-state index contributed by atoms with van der Waals surface area (Å²) in [6.45, 7) is 1.80. The second kappa shape index (κ2) is 5.95. The normalized spacial score (nSPS) is 11.2. The Morgan fingerprint density at radius 2 is 2.00 bits per heavy atom. The van der Waals surface area contributed by atoms with Crippen molar-refractivity contribution in [1.29, 1.82) is 0 Å². The molecular formula is C13H10Cl3N3O. The van der Waals surface area contributed by atoms with Gasteiger partial charge in [-0.1, -0.05) is 46.9 Å². The Hall–Kier alpha value is -1.36. The van der Waals surface area contributed by atoms with Crippen molar-refractivity contribution in [2.24, 2.45) is 0 Å². The van der Waals surface area contributed by atoms with Crippen LogP contribution in [0.25, 0.3) is 11.3 Å². The average molecular weight is 331 g/mol. The molecule has 2 rings (SSSR count). The lowest BCUT2D eigenvalue weighted by Crippen LogP contribution is -2.26. The van der Waals surface area contributed by atoms with Gasteiger partial charge in [-0.3, -0.25) is 4.79 Å². The van der Waals surface area contributed by atoms with Crippen LogP contribution in [0.5, 0.6) is 0 Å². The first-order chi connectivity index (χ1) is 9.36. The van der Waals surface area contributed by atoms with Crippen LogP contribution in [-0.4, -0.2) is 19.7 Å². The number of benzene rings is 1. The van der Waals surface area contributed by atoms with Gasteiger partial charge in [-0.25, -0.2) is 9.97 Å². The average Bonchev–Trinajstić information content (AvgIpc) is 2.38. The van der Waals surface area contributed by atoms with Crippen LogP contribution in [0.4, 0.5) is 5.69 Å². The molecule has 4 nitrogen and oxygen atoms in total. The summed E-state index contributed by atoms with van der Waals surface area (Å²) >= 11 is 16.5. The standard InChI is InChI=1S/C13H10Cl3N3O/c1-8-17-6-5-11(18-8)9-3-2-4-10(7-9)19-12(20)13(14,15)16/h2-7H,1H3,(H,19,20). The van der Waals surface area contributed by atoms with Gasteiger partial charge in [-0.2, -0.15) is 0 Å². The quantitative estimate of drug-likeness (QED) is 0.853. The number of nitrogens with zero attached hydrogens (tertiary/aromatic N) is 2. The van der Waals surface area contributed by atoms with Gasteiger partial charge in [0.1, 0.15) is 5.82 Å². The molecule has 20 heavy (non-hydrogen) atoms. The van der Waals surface area contributed by atoms with Gasteiger partial charge in [0.2, 0.25) is 0 Å². The Kier molecular flexibility index (Phi) is 4.48. The topological polar surface area (TPSA) is 54.9 Å². The Labute approximate surface area is 131 Å². The van der Waals surface area contributed by atoms with E-state index in [4.69, 9.17) is 34.8 Å². The van der Waals surface area contributed by atoms with Crippen molar-refractivity contribution in [2.75, 3.05) is 5.32 Å². The molecule has 0 bridgehead atoms. The minimum Gasteiger partial charge on any atom is -0.322 e. The largest absolute Gasteiger partial charge is 0.322 e. The van der Waals surface area contributed by atoms with E-state index >= 15 is 0 Å². The zero-order valence-electron chi connectivity index (χ0n) is 10.4. The predicted octanol–water partition coefficient (Wildman–Crippen LogP) is 3.76. The van der Waals surface area contributed by atoms with Crippen LogP contribution >= 0.6 is 34.8 Å². The molecule has 0 aliphatic carbocycles. The van der Waals surface area contributed by atoms with Crippen molar-refractivity contribution in [3.05, 3.63) is 42.4 Å². The van der Waals surface area contributed by atoms with Gasteiger partial charge in [-0.15, -0.1) is 0 Å². The van der Waals surface area contributed by atoms with Gasteiger partial charge in [0.15, 0.2) is 0 Å². The number of nitrogens with one attached hydrogen (secondary N) is 1. The van der Waals surface area contributed by atoms with Crippen molar-refractivity contribution >= 4 is 46.4 Å². The summed E-state index contributed by atoms with van der Waals surface area (Å²) in [5.74, 6) is -0.0447. The molecule has 0 fully saturated rings. The summed E-state index contributed by atoms with van der Waals surface area (Å²) in [6.07, 6.45) is 1.67. The number of anilines is 1. The molecule has 0 aliphatic heterocycles. The van der Waals surface area contributed by atoms with Crippen molar-refractivity contribution < 1.29 is 4.79 Å². The number of alkyl halides is 3. The molecular weight excluding hydrogens is 321 g/mol. The van der Waals surface area contributed by atoms with Gasteiger partial charge in [0.25, 0.3) is 9.70 Å². The van der Waals surface area contributed by atoms with Crippen LogP contribution < -0.4 is 5.32 Å². The maximum atomic E-state index is 11.6. The second-order valence-corrected chi connectivity index (χ2v) is 6.30. The smallest absolute Gasteiger partial charge is 0.276 e. The highest BCUT2D eigenvalue weighted by atomic mass is 35.6. The molecule has 0 spiro atoms. The maximum absolute atomic E-state index is 11.6. The van der Waals surface area contributed by atoms with E-state index in [9.17, 15) is 4.79 Å². The zero-order chi connectivity index (χ0) is 14.8. The molecule has 1 N–H and O–H groups in total. The number of aryl methyl sites for hydroxylation is 1. The van der Waals surface area contributed by atoms with Crippen molar-refractivity contribution in [3.63, 3.8) is 0 Å². The van der Waals surface area contributed by atoms with Crippen LogP contribution in [0.15, 0.2) is 36.5 Å². The summed E-state index contributed by atoms with van der Waals surface area (Å²) in [7, 11) is 0. The van der Waals surface area contributed by atoms with Gasteiger partial charge >= 0.3 is 0 Å². The van der Waals surface area contributed by atoms with E-state index < -0.39 is 9.70 Å². The lowest BCUT2D eigenvalue weighted by atomic mass is 10.1. The fourth-order valence-corrected chi connectivity index (χ4v) is 1.72. The number of halogens is 3. The summed E-state index contributed by atoms with van der Waals surface area (Å²) < 4.78 is -2.00. The Bertz CT molecular complexity index is 641. The maximum Gasteiger partial charge on any atom is 0.276 e. The van der Waals surface area contributed by atoms with Crippen LogP contribution in [0.3, 0.4) is 0 Å². The van der Waals surface area contributed by atoms with Crippen molar-refractivity contribution in [3.8, 4) is 11.3 Å². The highest BCUT2D eigenvalue weighted by Gasteiger charge is 2.30. The number of hydrogen-bond donors (Lipinski definition) is 1. The Balaban J connectivity index is 2.27. The van der Waals surface area contributed by atoms with Crippen LogP contribution in [-0.2, 0) is 4.79 Å². The first-order valence-electron chi connectivity index (χ1n) is 5.64. The molecule has 0 unspecified atom stereocenters. The fourth-order valence-electron chi connectivity index (χ4n) is 1.58. The third-order valence-corrected chi connectivity index (χ3v) is 2.96. The van der Waals surface area contributed by atoms with Gasteiger partial charge in [0.05, 0.1) is 5.69 Å². The number of carbonyl (C=O) groups excluding carboxylic acids is 1. The number of rotatable bonds is 2. The first kappa shape index (κ1) is 15.0. The van der Waals surface area contributed by atoms with E-state index in [0.717, 1.165) is 11.3 Å². The molecule has 0 aliphatic rings. The van der Waals surface area contributed by atoms with E-state index in [0.29, 0.717) is 11.5 Å².